The van der Waals surface area contributed by atoms with Gasteiger partial charge in [0.25, 0.3) is 0 Å². The number of H-pyrrole nitrogens is 2. The average molecular weight is 823 g/mol. The van der Waals surface area contributed by atoms with Gasteiger partial charge in [-0.15, -0.1) is 0 Å². The van der Waals surface area contributed by atoms with Crippen molar-refractivity contribution in [1.82, 2.24) is 9.97 Å². The molecule has 2 aromatic heterocycles. The topological polar surface area (TPSA) is 109 Å². The minimum atomic E-state index is -0.229. The highest BCUT2D eigenvalue weighted by Crippen LogP contribution is 2.33. The average Bonchev–Trinajstić information content (AvgIpc) is 3.64. The molecule has 8 nitrogen and oxygen atoms in total. The molecule has 0 bridgehead atoms. The third kappa shape index (κ3) is 7.38. The lowest BCUT2D eigenvalue weighted by Gasteiger charge is -2.08. The quantitative estimate of drug-likeness (QED) is 0.177. The predicted molar refractivity (Wildman–Crippen MR) is 195 cm³/mol. The van der Waals surface area contributed by atoms with E-state index >= 15 is 0 Å². The minimum Gasteiger partial charge on any atom is -0.469 e. The molecular weight excluding hydrogens is 782 g/mol. The molecule has 0 spiro atoms. The van der Waals surface area contributed by atoms with E-state index in [1.54, 1.807) is 0 Å². The SMILES string of the molecule is COC(=O)CCc1c(CCc2[nH]c(/C=C3\N=C(I)C(C)=C3C)c(C)c2CCC(=O)OC)[nH]c(/C=C2\N=C(I)C(C)=C2C)c1C. The van der Waals surface area contributed by atoms with Crippen molar-refractivity contribution in [2.24, 2.45) is 9.98 Å². The Morgan fingerprint density at radius 3 is 1.30 bits per heavy atom. The number of aromatic nitrogens is 2. The van der Waals surface area contributed by atoms with Gasteiger partial charge < -0.3 is 19.4 Å². The maximum absolute atomic E-state index is 12.1. The summed E-state index contributed by atoms with van der Waals surface area (Å²) in [7, 11) is 2.85. The zero-order chi connectivity index (χ0) is 32.3. The van der Waals surface area contributed by atoms with Gasteiger partial charge in [0.05, 0.1) is 25.6 Å². The van der Waals surface area contributed by atoms with Gasteiger partial charge >= 0.3 is 11.9 Å². The van der Waals surface area contributed by atoms with Crippen LogP contribution in [-0.4, -0.2) is 43.6 Å². The number of nitrogens with zero attached hydrogens (tertiary/aromatic N) is 2. The van der Waals surface area contributed by atoms with Gasteiger partial charge in [-0.25, -0.2) is 9.98 Å². The van der Waals surface area contributed by atoms with Crippen molar-refractivity contribution in [2.45, 2.75) is 80.1 Å². The van der Waals surface area contributed by atoms with E-state index in [0.29, 0.717) is 25.7 Å². The van der Waals surface area contributed by atoms with Crippen molar-refractivity contribution in [2.75, 3.05) is 14.2 Å². The molecule has 10 heteroatoms. The van der Waals surface area contributed by atoms with Gasteiger partial charge in [-0.3, -0.25) is 9.59 Å². The highest BCUT2D eigenvalue weighted by Gasteiger charge is 2.22. The van der Waals surface area contributed by atoms with Crippen LogP contribution in [0.2, 0.25) is 0 Å². The number of hydrogen-bond donors (Lipinski definition) is 2. The molecule has 4 rings (SSSR count). The fourth-order valence-electron chi connectivity index (χ4n) is 5.54. The van der Waals surface area contributed by atoms with E-state index in [4.69, 9.17) is 19.5 Å². The lowest BCUT2D eigenvalue weighted by molar-refractivity contribution is -0.141. The minimum absolute atomic E-state index is 0.229. The van der Waals surface area contributed by atoms with Crippen LogP contribution in [0.5, 0.6) is 0 Å². The first-order chi connectivity index (χ1) is 20.9. The molecule has 0 amide bonds. The van der Waals surface area contributed by atoms with Gasteiger partial charge in [0, 0.05) is 35.6 Å². The van der Waals surface area contributed by atoms with Gasteiger partial charge in [0.2, 0.25) is 0 Å². The molecule has 2 aliphatic rings. The molecule has 0 radical (unpaired) electrons. The van der Waals surface area contributed by atoms with E-state index in [1.807, 2.05) is 0 Å². The van der Waals surface area contributed by atoms with E-state index in [9.17, 15) is 9.59 Å². The Labute approximate surface area is 286 Å². The number of nitrogens with one attached hydrogen (secondary N) is 2. The summed E-state index contributed by atoms with van der Waals surface area (Å²) in [5.74, 6) is -0.459. The van der Waals surface area contributed by atoms with E-state index in [2.05, 4.69) is 109 Å². The molecule has 44 heavy (non-hydrogen) atoms. The number of carbonyl (C=O) groups is 2. The first-order valence-corrected chi connectivity index (χ1v) is 16.8. The second kappa shape index (κ2) is 14.6. The number of aliphatic imine (C=N–C) groups is 2. The maximum atomic E-state index is 12.1. The number of esters is 2. The predicted octanol–water partition coefficient (Wildman–Crippen LogP) is 8.00. The third-order valence-electron chi connectivity index (χ3n) is 8.76. The number of ether oxygens (including phenoxy) is 2. The number of halogens is 2. The summed E-state index contributed by atoms with van der Waals surface area (Å²) in [6.45, 7) is 12.6. The number of hydrogen-bond acceptors (Lipinski definition) is 6. The molecule has 0 saturated heterocycles. The highest BCUT2D eigenvalue weighted by atomic mass is 127. The zero-order valence-electron chi connectivity index (χ0n) is 26.7. The van der Waals surface area contributed by atoms with E-state index in [0.717, 1.165) is 76.7 Å². The largest absolute Gasteiger partial charge is 0.469 e. The van der Waals surface area contributed by atoms with E-state index < -0.39 is 0 Å². The first-order valence-electron chi connectivity index (χ1n) is 14.7. The fourth-order valence-corrected chi connectivity index (χ4v) is 6.87. The van der Waals surface area contributed by atoms with Crippen molar-refractivity contribution >= 4 is 76.7 Å². The van der Waals surface area contributed by atoms with Crippen LogP contribution in [0.1, 0.15) is 85.6 Å². The van der Waals surface area contributed by atoms with Gasteiger partial charge in [-0.05, 0) is 169 Å². The van der Waals surface area contributed by atoms with Crippen LogP contribution >= 0.6 is 45.2 Å². The Kier molecular flexibility index (Phi) is 11.3. The van der Waals surface area contributed by atoms with Crippen LogP contribution in [0.3, 0.4) is 0 Å². The molecular formula is C34H40I2N4O4. The van der Waals surface area contributed by atoms with E-state index in [-0.39, 0.29) is 11.9 Å². The molecule has 4 heterocycles. The number of aromatic amines is 2. The smallest absolute Gasteiger partial charge is 0.305 e. The van der Waals surface area contributed by atoms with Crippen molar-refractivity contribution < 1.29 is 19.1 Å². The zero-order valence-corrected chi connectivity index (χ0v) is 31.0. The number of methoxy groups -OCH3 is 2. The van der Waals surface area contributed by atoms with Crippen molar-refractivity contribution in [3.63, 3.8) is 0 Å². The Morgan fingerprint density at radius 2 is 1.00 bits per heavy atom. The summed E-state index contributed by atoms with van der Waals surface area (Å²) >= 11 is 4.56. The Morgan fingerprint density at radius 1 is 0.636 bits per heavy atom. The summed E-state index contributed by atoms with van der Waals surface area (Å²) in [6.07, 6.45) is 7.45. The van der Waals surface area contributed by atoms with Crippen LogP contribution < -0.4 is 0 Å². The van der Waals surface area contributed by atoms with Crippen LogP contribution in [-0.2, 0) is 44.7 Å². The normalized spacial score (nSPS) is 16.9. The van der Waals surface area contributed by atoms with Crippen LogP contribution in [0, 0.1) is 13.8 Å². The fraction of sp³-hybridized carbons (Fsp3) is 0.412. The number of rotatable bonds is 11. The Balaban J connectivity index is 1.70. The Hall–Kier alpha value is -2.74. The molecule has 2 aromatic rings. The summed E-state index contributed by atoms with van der Waals surface area (Å²) < 4.78 is 11.9. The molecule has 0 fully saturated rings. The van der Waals surface area contributed by atoms with Gasteiger partial charge in [0.1, 0.15) is 7.44 Å². The standard InChI is InChI=1S/C34H40I2N4O4/c1-17-19(3)33(35)39-27(17)15-29-21(5)23(9-13-31(41)43-7)25(37-29)11-12-26-24(10-14-32(42)44-8)22(6)30(38-26)16-28-18(2)20(4)34(36)40-28/h15-16,37-38H,9-14H2,1-8H3/b27-15-,28-16-. The molecule has 0 atom stereocenters. The molecule has 2 aliphatic heterocycles. The molecule has 0 aromatic carbocycles. The molecule has 0 aliphatic carbocycles. The Bertz CT molecular complexity index is 1570. The van der Waals surface area contributed by atoms with Crippen LogP contribution in [0.25, 0.3) is 12.2 Å². The van der Waals surface area contributed by atoms with Crippen molar-refractivity contribution in [1.29, 1.82) is 0 Å². The monoisotopic (exact) mass is 822 g/mol. The van der Waals surface area contributed by atoms with Crippen LogP contribution in [0.4, 0.5) is 0 Å². The highest BCUT2D eigenvalue weighted by molar-refractivity contribution is 14.1. The van der Waals surface area contributed by atoms with Gasteiger partial charge in [-0.1, -0.05) is 0 Å². The van der Waals surface area contributed by atoms with E-state index in [1.165, 1.54) is 36.5 Å². The third-order valence-corrected chi connectivity index (χ3v) is 10.9. The maximum Gasteiger partial charge on any atom is 0.305 e. The molecule has 0 unspecified atom stereocenters. The lowest BCUT2D eigenvalue weighted by atomic mass is 9.98. The van der Waals surface area contributed by atoms with Gasteiger partial charge in [-0.2, -0.15) is 0 Å². The van der Waals surface area contributed by atoms with Crippen LogP contribution in [0.15, 0.2) is 43.7 Å². The van der Waals surface area contributed by atoms with Crippen molar-refractivity contribution in [3.8, 4) is 0 Å². The second-order valence-electron chi connectivity index (χ2n) is 11.3. The first kappa shape index (κ1) is 34.1. The van der Waals surface area contributed by atoms with Gasteiger partial charge in [0.15, 0.2) is 0 Å². The number of carbonyl (C=O) groups excluding carboxylic acids is 2. The molecule has 234 valence electrons. The summed E-state index contributed by atoms with van der Waals surface area (Å²) in [6, 6.07) is 0. The second-order valence-corrected chi connectivity index (χ2v) is 13.3. The molecule has 2 N–H and O–H groups in total. The summed E-state index contributed by atoms with van der Waals surface area (Å²) in [4.78, 5) is 41.1. The summed E-state index contributed by atoms with van der Waals surface area (Å²) in [5, 5.41) is 0. The summed E-state index contributed by atoms with van der Waals surface area (Å²) in [5.41, 5.74) is 15.3. The number of aryl methyl sites for hydroxylation is 2. The number of allylic oxidation sites excluding steroid dienone is 4. The lowest BCUT2D eigenvalue weighted by Crippen LogP contribution is -2.06. The van der Waals surface area contributed by atoms with Crippen molar-refractivity contribution in [3.05, 3.63) is 78.7 Å². The molecule has 0 saturated carbocycles.